The van der Waals surface area contributed by atoms with E-state index in [9.17, 15) is 4.79 Å². The number of hydrogen-bond acceptors (Lipinski definition) is 3. The van der Waals surface area contributed by atoms with Crippen molar-refractivity contribution in [2.24, 2.45) is 0 Å². The number of pyridine rings is 1. The molecule has 0 bridgehead atoms. The molecule has 0 spiro atoms. The molecule has 0 saturated heterocycles. The van der Waals surface area contributed by atoms with E-state index >= 15 is 0 Å². The average molecular weight is 221 g/mol. The zero-order valence-electron chi connectivity index (χ0n) is 10.1. The number of anilines is 1. The minimum absolute atomic E-state index is 0.113. The van der Waals surface area contributed by atoms with E-state index in [0.717, 1.165) is 18.5 Å². The highest BCUT2D eigenvalue weighted by Crippen LogP contribution is 2.07. The SMILES string of the molecule is CCCC(C)NC(=O)c1cc(NC)ccn1. The predicted molar refractivity (Wildman–Crippen MR) is 65.6 cm³/mol. The molecule has 88 valence electrons. The topological polar surface area (TPSA) is 54.0 Å². The number of carbonyl (C=O) groups excluding carboxylic acids is 1. The zero-order chi connectivity index (χ0) is 12.0. The predicted octanol–water partition coefficient (Wildman–Crippen LogP) is 2.04. The fourth-order valence-corrected chi connectivity index (χ4v) is 1.51. The maximum absolute atomic E-state index is 11.8. The van der Waals surface area contributed by atoms with Gasteiger partial charge in [0.2, 0.25) is 0 Å². The van der Waals surface area contributed by atoms with Crippen LogP contribution in [0.25, 0.3) is 0 Å². The average Bonchev–Trinajstić information content (AvgIpc) is 2.29. The highest BCUT2D eigenvalue weighted by atomic mass is 16.1. The number of nitrogens with one attached hydrogen (secondary N) is 2. The van der Waals surface area contributed by atoms with Crippen LogP contribution in [-0.2, 0) is 0 Å². The second-order valence-corrected chi connectivity index (χ2v) is 3.84. The third-order valence-electron chi connectivity index (χ3n) is 2.38. The second kappa shape index (κ2) is 6.10. The summed E-state index contributed by atoms with van der Waals surface area (Å²) in [5.74, 6) is -0.113. The molecule has 0 aliphatic carbocycles. The largest absolute Gasteiger partial charge is 0.388 e. The molecule has 0 aliphatic rings. The van der Waals surface area contributed by atoms with Gasteiger partial charge in [0.05, 0.1) is 0 Å². The lowest BCUT2D eigenvalue weighted by atomic mass is 10.2. The Morgan fingerprint density at radius 1 is 1.56 bits per heavy atom. The lowest BCUT2D eigenvalue weighted by Gasteiger charge is -2.12. The lowest BCUT2D eigenvalue weighted by molar-refractivity contribution is 0.0933. The van der Waals surface area contributed by atoms with Crippen molar-refractivity contribution in [1.82, 2.24) is 10.3 Å². The summed E-state index contributed by atoms with van der Waals surface area (Å²) < 4.78 is 0. The number of carbonyl (C=O) groups is 1. The Hall–Kier alpha value is -1.58. The molecule has 1 rings (SSSR count). The Labute approximate surface area is 96.5 Å². The maximum atomic E-state index is 11.8. The summed E-state index contributed by atoms with van der Waals surface area (Å²) in [4.78, 5) is 15.8. The van der Waals surface area contributed by atoms with Crippen molar-refractivity contribution in [3.8, 4) is 0 Å². The molecule has 1 atom stereocenters. The molecular weight excluding hydrogens is 202 g/mol. The van der Waals surface area contributed by atoms with Crippen LogP contribution in [0.2, 0.25) is 0 Å². The normalized spacial score (nSPS) is 11.9. The third-order valence-corrected chi connectivity index (χ3v) is 2.38. The summed E-state index contributed by atoms with van der Waals surface area (Å²) in [6.07, 6.45) is 3.67. The number of hydrogen-bond donors (Lipinski definition) is 2. The molecule has 0 radical (unpaired) electrons. The van der Waals surface area contributed by atoms with E-state index in [2.05, 4.69) is 22.5 Å². The van der Waals surface area contributed by atoms with Gasteiger partial charge in [-0.05, 0) is 25.5 Å². The van der Waals surface area contributed by atoms with Crippen molar-refractivity contribution in [2.45, 2.75) is 32.7 Å². The first-order valence-electron chi connectivity index (χ1n) is 5.62. The smallest absolute Gasteiger partial charge is 0.270 e. The van der Waals surface area contributed by atoms with Crippen LogP contribution < -0.4 is 10.6 Å². The fourth-order valence-electron chi connectivity index (χ4n) is 1.51. The van der Waals surface area contributed by atoms with Crippen molar-refractivity contribution < 1.29 is 4.79 Å². The van der Waals surface area contributed by atoms with Crippen LogP contribution in [-0.4, -0.2) is 24.0 Å². The van der Waals surface area contributed by atoms with Gasteiger partial charge in [0.1, 0.15) is 5.69 Å². The zero-order valence-corrected chi connectivity index (χ0v) is 10.1. The van der Waals surface area contributed by atoms with E-state index in [1.165, 1.54) is 0 Å². The highest BCUT2D eigenvalue weighted by molar-refractivity contribution is 5.93. The lowest BCUT2D eigenvalue weighted by Crippen LogP contribution is -2.32. The van der Waals surface area contributed by atoms with Crippen LogP contribution in [0.5, 0.6) is 0 Å². The number of rotatable bonds is 5. The summed E-state index contributed by atoms with van der Waals surface area (Å²) in [5.41, 5.74) is 1.35. The summed E-state index contributed by atoms with van der Waals surface area (Å²) in [6, 6.07) is 3.76. The van der Waals surface area contributed by atoms with Crippen LogP contribution in [0.15, 0.2) is 18.3 Å². The van der Waals surface area contributed by atoms with Crippen LogP contribution >= 0.6 is 0 Å². The van der Waals surface area contributed by atoms with Gasteiger partial charge in [-0.2, -0.15) is 0 Å². The molecule has 4 nitrogen and oxygen atoms in total. The Kier molecular flexibility index (Phi) is 4.76. The maximum Gasteiger partial charge on any atom is 0.270 e. The van der Waals surface area contributed by atoms with Gasteiger partial charge in [-0.25, -0.2) is 0 Å². The van der Waals surface area contributed by atoms with Crippen molar-refractivity contribution in [3.63, 3.8) is 0 Å². The van der Waals surface area contributed by atoms with Gasteiger partial charge in [-0.1, -0.05) is 13.3 Å². The molecule has 1 aromatic rings. The standard InChI is InChI=1S/C12H19N3O/c1-4-5-9(2)15-12(16)11-8-10(13-3)6-7-14-11/h6-9H,4-5H2,1-3H3,(H,13,14)(H,15,16). The Bertz CT molecular complexity index is 352. The Morgan fingerprint density at radius 2 is 2.31 bits per heavy atom. The first-order chi connectivity index (χ1) is 7.67. The van der Waals surface area contributed by atoms with E-state index in [1.54, 1.807) is 12.3 Å². The van der Waals surface area contributed by atoms with Crippen LogP contribution in [0.3, 0.4) is 0 Å². The van der Waals surface area contributed by atoms with Crippen LogP contribution in [0.1, 0.15) is 37.2 Å². The number of amides is 1. The molecular formula is C12H19N3O. The van der Waals surface area contributed by atoms with Crippen molar-refractivity contribution in [2.75, 3.05) is 12.4 Å². The van der Waals surface area contributed by atoms with Crippen LogP contribution in [0, 0.1) is 0 Å². The first kappa shape index (κ1) is 12.5. The minimum Gasteiger partial charge on any atom is -0.388 e. The molecule has 0 saturated carbocycles. The highest BCUT2D eigenvalue weighted by Gasteiger charge is 2.10. The van der Waals surface area contributed by atoms with E-state index < -0.39 is 0 Å². The number of nitrogens with zero attached hydrogens (tertiary/aromatic N) is 1. The van der Waals surface area contributed by atoms with E-state index in [1.807, 2.05) is 20.0 Å². The molecule has 16 heavy (non-hydrogen) atoms. The van der Waals surface area contributed by atoms with Crippen molar-refractivity contribution in [1.29, 1.82) is 0 Å². The van der Waals surface area contributed by atoms with Crippen molar-refractivity contribution in [3.05, 3.63) is 24.0 Å². The molecule has 0 aromatic carbocycles. The molecule has 4 heteroatoms. The van der Waals surface area contributed by atoms with E-state index in [0.29, 0.717) is 5.69 Å². The number of aromatic nitrogens is 1. The Balaban J connectivity index is 2.65. The third kappa shape index (κ3) is 3.53. The monoisotopic (exact) mass is 221 g/mol. The molecule has 2 N–H and O–H groups in total. The molecule has 0 aliphatic heterocycles. The van der Waals surface area contributed by atoms with E-state index in [4.69, 9.17) is 0 Å². The second-order valence-electron chi connectivity index (χ2n) is 3.84. The summed E-state index contributed by atoms with van der Waals surface area (Å²) in [5, 5.41) is 5.90. The van der Waals surface area contributed by atoms with Crippen LogP contribution in [0.4, 0.5) is 5.69 Å². The molecule has 0 fully saturated rings. The van der Waals surface area contributed by atoms with E-state index in [-0.39, 0.29) is 11.9 Å². The molecule has 1 unspecified atom stereocenters. The molecule has 1 amide bonds. The summed E-state index contributed by atoms with van der Waals surface area (Å²) in [7, 11) is 1.82. The van der Waals surface area contributed by atoms with Gasteiger partial charge >= 0.3 is 0 Å². The van der Waals surface area contributed by atoms with Gasteiger partial charge in [0.25, 0.3) is 5.91 Å². The van der Waals surface area contributed by atoms with Gasteiger partial charge in [0, 0.05) is 25.0 Å². The minimum atomic E-state index is -0.113. The fraction of sp³-hybridized carbons (Fsp3) is 0.500. The van der Waals surface area contributed by atoms with Gasteiger partial charge in [-0.3, -0.25) is 9.78 Å². The first-order valence-corrected chi connectivity index (χ1v) is 5.62. The quantitative estimate of drug-likeness (QED) is 0.800. The summed E-state index contributed by atoms with van der Waals surface area (Å²) in [6.45, 7) is 4.10. The van der Waals surface area contributed by atoms with Crippen molar-refractivity contribution >= 4 is 11.6 Å². The van der Waals surface area contributed by atoms with Gasteiger partial charge in [0.15, 0.2) is 0 Å². The van der Waals surface area contributed by atoms with Gasteiger partial charge < -0.3 is 10.6 Å². The Morgan fingerprint density at radius 3 is 2.94 bits per heavy atom. The summed E-state index contributed by atoms with van der Waals surface area (Å²) >= 11 is 0. The van der Waals surface area contributed by atoms with Gasteiger partial charge in [-0.15, -0.1) is 0 Å². The molecule has 1 heterocycles. The molecule has 1 aromatic heterocycles.